The average molecular weight is 225 g/mol. The molecule has 6 heteroatoms. The van der Waals surface area contributed by atoms with Gasteiger partial charge in [0.15, 0.2) is 5.69 Å². The normalized spacial score (nSPS) is 18.5. The second kappa shape index (κ2) is 4.63. The lowest BCUT2D eigenvalue weighted by Crippen LogP contribution is -2.40. The van der Waals surface area contributed by atoms with Crippen LogP contribution < -0.4 is 5.73 Å². The molecule has 16 heavy (non-hydrogen) atoms. The minimum absolute atomic E-state index is 0.126. The van der Waals surface area contributed by atoms with Crippen LogP contribution in [0.25, 0.3) is 0 Å². The summed E-state index contributed by atoms with van der Waals surface area (Å²) in [5.74, 6) is 0.260. The monoisotopic (exact) mass is 225 g/mol. The molecule has 1 aliphatic heterocycles. The smallest absolute Gasteiger partial charge is 0.275 e. The van der Waals surface area contributed by atoms with Crippen LogP contribution in [0.15, 0.2) is 10.7 Å². The predicted molar refractivity (Wildman–Crippen MR) is 55.8 cm³/mol. The van der Waals surface area contributed by atoms with Crippen molar-refractivity contribution in [2.75, 3.05) is 26.3 Å². The first-order chi connectivity index (χ1) is 7.68. The number of morpholine rings is 1. The number of rotatable bonds is 2. The topological polar surface area (TPSA) is 81.6 Å². The molecule has 2 heterocycles. The number of ether oxygens (including phenoxy) is 1. The van der Waals surface area contributed by atoms with E-state index in [0.717, 1.165) is 0 Å². The number of hydrogen-bond acceptors (Lipinski definition) is 5. The van der Waals surface area contributed by atoms with E-state index < -0.39 is 0 Å². The number of nitrogens with zero attached hydrogens (tertiary/aromatic N) is 2. The van der Waals surface area contributed by atoms with Gasteiger partial charge in [-0.3, -0.25) is 4.79 Å². The standard InChI is InChI=1S/C10H15N3O3/c1-7(11)9-12-8(6-16-9)10(14)13-2-4-15-5-3-13/h6-7H,2-5,11H2,1H3. The summed E-state index contributed by atoms with van der Waals surface area (Å²) in [6.07, 6.45) is 1.36. The van der Waals surface area contributed by atoms with Crippen molar-refractivity contribution < 1.29 is 13.9 Å². The SMILES string of the molecule is CC(N)c1nc(C(=O)N2CCOCC2)co1. The first kappa shape index (κ1) is 11.1. The first-order valence-corrected chi connectivity index (χ1v) is 5.26. The summed E-state index contributed by atoms with van der Waals surface area (Å²) < 4.78 is 10.3. The molecule has 6 nitrogen and oxygen atoms in total. The Morgan fingerprint density at radius 1 is 1.56 bits per heavy atom. The molecular weight excluding hydrogens is 210 g/mol. The van der Waals surface area contributed by atoms with Crippen LogP contribution in [0.3, 0.4) is 0 Å². The van der Waals surface area contributed by atoms with Crippen molar-refractivity contribution in [3.63, 3.8) is 0 Å². The van der Waals surface area contributed by atoms with Crippen molar-refractivity contribution >= 4 is 5.91 Å². The van der Waals surface area contributed by atoms with E-state index in [0.29, 0.717) is 37.9 Å². The molecule has 1 atom stereocenters. The number of amides is 1. The highest BCUT2D eigenvalue weighted by molar-refractivity contribution is 5.92. The molecule has 2 rings (SSSR count). The Hall–Kier alpha value is -1.40. The summed E-state index contributed by atoms with van der Waals surface area (Å²) in [6.45, 7) is 4.10. The van der Waals surface area contributed by atoms with Crippen LogP contribution in [0.1, 0.15) is 29.3 Å². The van der Waals surface area contributed by atoms with Crippen LogP contribution in [0, 0.1) is 0 Å². The molecule has 0 aromatic carbocycles. The van der Waals surface area contributed by atoms with Gasteiger partial charge < -0.3 is 19.8 Å². The fourth-order valence-electron chi connectivity index (χ4n) is 1.52. The molecule has 0 bridgehead atoms. The second-order valence-electron chi connectivity index (χ2n) is 3.76. The molecule has 0 saturated carbocycles. The van der Waals surface area contributed by atoms with Gasteiger partial charge >= 0.3 is 0 Å². The lowest BCUT2D eigenvalue weighted by atomic mass is 10.3. The maximum atomic E-state index is 11.9. The third-order valence-electron chi connectivity index (χ3n) is 2.43. The summed E-state index contributed by atoms with van der Waals surface area (Å²) in [7, 11) is 0. The van der Waals surface area contributed by atoms with E-state index in [4.69, 9.17) is 14.9 Å². The van der Waals surface area contributed by atoms with E-state index in [1.807, 2.05) is 0 Å². The molecule has 1 aromatic heterocycles. The maximum Gasteiger partial charge on any atom is 0.275 e. The van der Waals surface area contributed by atoms with Crippen LogP contribution in [-0.2, 0) is 4.74 Å². The van der Waals surface area contributed by atoms with E-state index in [2.05, 4.69) is 4.98 Å². The van der Waals surface area contributed by atoms with Crippen LogP contribution in [0.2, 0.25) is 0 Å². The third-order valence-corrected chi connectivity index (χ3v) is 2.43. The number of nitrogens with two attached hydrogens (primary N) is 1. The van der Waals surface area contributed by atoms with Crippen molar-refractivity contribution in [1.29, 1.82) is 0 Å². The molecule has 1 amide bonds. The molecule has 88 valence electrons. The van der Waals surface area contributed by atoms with Gasteiger partial charge in [0.05, 0.1) is 19.3 Å². The molecule has 0 aliphatic carbocycles. The maximum absolute atomic E-state index is 11.9. The van der Waals surface area contributed by atoms with Gasteiger partial charge in [-0.2, -0.15) is 0 Å². The number of carbonyl (C=O) groups is 1. The van der Waals surface area contributed by atoms with E-state index in [-0.39, 0.29) is 11.9 Å². The lowest BCUT2D eigenvalue weighted by Gasteiger charge is -2.25. The Balaban J connectivity index is 2.07. The Labute approximate surface area is 93.4 Å². The Morgan fingerprint density at radius 3 is 2.81 bits per heavy atom. The van der Waals surface area contributed by atoms with Crippen molar-refractivity contribution in [3.05, 3.63) is 17.8 Å². The fourth-order valence-corrected chi connectivity index (χ4v) is 1.52. The van der Waals surface area contributed by atoms with Gasteiger partial charge in [-0.15, -0.1) is 0 Å². The van der Waals surface area contributed by atoms with Gasteiger partial charge in [0.25, 0.3) is 5.91 Å². The minimum atomic E-state index is -0.300. The number of hydrogen-bond donors (Lipinski definition) is 1. The highest BCUT2D eigenvalue weighted by atomic mass is 16.5. The van der Waals surface area contributed by atoms with Gasteiger partial charge in [-0.1, -0.05) is 0 Å². The molecule has 0 spiro atoms. The second-order valence-corrected chi connectivity index (χ2v) is 3.76. The molecule has 2 N–H and O–H groups in total. The third kappa shape index (κ3) is 2.23. The zero-order valence-corrected chi connectivity index (χ0v) is 9.18. The van der Waals surface area contributed by atoms with E-state index >= 15 is 0 Å². The lowest BCUT2D eigenvalue weighted by molar-refractivity contribution is 0.0299. The summed E-state index contributed by atoms with van der Waals surface area (Å²) in [5, 5.41) is 0. The Kier molecular flexibility index (Phi) is 3.21. The highest BCUT2D eigenvalue weighted by Crippen LogP contribution is 2.11. The van der Waals surface area contributed by atoms with Crippen LogP contribution >= 0.6 is 0 Å². The van der Waals surface area contributed by atoms with Gasteiger partial charge in [0.1, 0.15) is 6.26 Å². The first-order valence-electron chi connectivity index (χ1n) is 5.26. The van der Waals surface area contributed by atoms with Crippen LogP contribution in [0.5, 0.6) is 0 Å². The highest BCUT2D eigenvalue weighted by Gasteiger charge is 2.22. The van der Waals surface area contributed by atoms with Crippen molar-refractivity contribution in [2.24, 2.45) is 5.73 Å². The van der Waals surface area contributed by atoms with Gasteiger partial charge in [-0.25, -0.2) is 4.98 Å². The molecular formula is C10H15N3O3. The Morgan fingerprint density at radius 2 is 2.25 bits per heavy atom. The molecule has 1 fully saturated rings. The van der Waals surface area contributed by atoms with Crippen molar-refractivity contribution in [1.82, 2.24) is 9.88 Å². The summed E-state index contributed by atoms with van der Waals surface area (Å²) in [6, 6.07) is -0.300. The molecule has 0 radical (unpaired) electrons. The number of carbonyl (C=O) groups excluding carboxylic acids is 1. The molecule has 1 saturated heterocycles. The molecule has 1 aliphatic rings. The van der Waals surface area contributed by atoms with Crippen molar-refractivity contribution in [3.8, 4) is 0 Å². The zero-order chi connectivity index (χ0) is 11.5. The fraction of sp³-hybridized carbons (Fsp3) is 0.600. The van der Waals surface area contributed by atoms with Gasteiger partial charge in [0.2, 0.25) is 5.89 Å². The van der Waals surface area contributed by atoms with Gasteiger partial charge in [0, 0.05) is 13.1 Å². The molecule has 1 unspecified atom stereocenters. The van der Waals surface area contributed by atoms with Gasteiger partial charge in [-0.05, 0) is 6.92 Å². The predicted octanol–water partition coefficient (Wildman–Crippen LogP) is 0.167. The average Bonchev–Trinajstić information content (AvgIpc) is 2.78. The largest absolute Gasteiger partial charge is 0.446 e. The van der Waals surface area contributed by atoms with Crippen molar-refractivity contribution in [2.45, 2.75) is 13.0 Å². The van der Waals surface area contributed by atoms with Crippen LogP contribution in [-0.4, -0.2) is 42.1 Å². The summed E-state index contributed by atoms with van der Waals surface area (Å²) >= 11 is 0. The zero-order valence-electron chi connectivity index (χ0n) is 9.18. The molecule has 1 aromatic rings. The van der Waals surface area contributed by atoms with E-state index in [1.54, 1.807) is 11.8 Å². The number of oxazole rings is 1. The van der Waals surface area contributed by atoms with E-state index in [1.165, 1.54) is 6.26 Å². The quantitative estimate of drug-likeness (QED) is 0.775. The summed E-state index contributed by atoms with van der Waals surface area (Å²) in [5.41, 5.74) is 5.92. The minimum Gasteiger partial charge on any atom is -0.446 e. The summed E-state index contributed by atoms with van der Waals surface area (Å²) in [4.78, 5) is 17.7. The Bertz CT molecular complexity index is 369. The number of aromatic nitrogens is 1. The van der Waals surface area contributed by atoms with Crippen LogP contribution in [0.4, 0.5) is 0 Å². The van der Waals surface area contributed by atoms with E-state index in [9.17, 15) is 4.79 Å².